The van der Waals surface area contributed by atoms with Crippen LogP contribution in [0.3, 0.4) is 0 Å². The molecule has 2 aromatic rings. The molecule has 0 saturated heterocycles. The minimum absolute atomic E-state index is 0.0753. The number of hydrogen-bond donors (Lipinski definition) is 0. The summed E-state index contributed by atoms with van der Waals surface area (Å²) in [5.41, 5.74) is 0.0609. The molecule has 0 aliphatic carbocycles. The topological polar surface area (TPSA) is 55.8 Å². The molecule has 0 radical (unpaired) electrons. The monoisotopic (exact) mass is 365 g/mol. The lowest BCUT2D eigenvalue weighted by atomic mass is 10.1. The normalized spacial score (nSPS) is 12.4. The maximum atomic E-state index is 13.2. The van der Waals surface area contributed by atoms with Crippen molar-refractivity contribution >= 4 is 29.2 Å². The van der Waals surface area contributed by atoms with Crippen molar-refractivity contribution in [1.29, 1.82) is 0 Å². The summed E-state index contributed by atoms with van der Waals surface area (Å²) in [5, 5.41) is -0.349. The molecular formula is C19H20ClNO4. The van der Waals surface area contributed by atoms with Crippen LogP contribution in [0.4, 0.5) is 5.69 Å². The highest BCUT2D eigenvalue weighted by Gasteiger charge is 2.18. The van der Waals surface area contributed by atoms with Crippen LogP contribution in [-0.4, -0.2) is 32.6 Å². The van der Waals surface area contributed by atoms with Crippen molar-refractivity contribution in [2.75, 3.05) is 25.7 Å². The summed E-state index contributed by atoms with van der Waals surface area (Å²) in [6.07, 6.45) is 0.353. The molecule has 25 heavy (non-hydrogen) atoms. The number of amides is 1. The second kappa shape index (κ2) is 9.08. The Kier molecular flexibility index (Phi) is 4.99. The van der Waals surface area contributed by atoms with Crippen LogP contribution in [0.5, 0.6) is 5.75 Å². The van der Waals surface area contributed by atoms with E-state index in [0.717, 1.165) is 0 Å². The number of ether oxygens (including phenoxy) is 2. The van der Waals surface area contributed by atoms with Crippen molar-refractivity contribution in [2.45, 2.75) is 12.8 Å². The molecule has 0 bridgehead atoms. The van der Waals surface area contributed by atoms with E-state index in [0.29, 0.717) is 11.4 Å². The Balaban J connectivity index is 2.47. The third kappa shape index (κ3) is 5.22. The van der Waals surface area contributed by atoms with Gasteiger partial charge in [-0.2, -0.15) is 0 Å². The SMILES string of the molecule is [2H]c1c([2H])c(C(=O)N(CCCC(=O)OC)c2ccc(OC)cc2)c([2H])c([2H])c1Cl. The zero-order valence-corrected chi connectivity index (χ0v) is 14.6. The fraction of sp³-hybridized carbons (Fsp3) is 0.263. The van der Waals surface area contributed by atoms with E-state index in [-0.39, 0.29) is 24.4 Å². The van der Waals surface area contributed by atoms with Crippen molar-refractivity contribution in [1.82, 2.24) is 0 Å². The maximum Gasteiger partial charge on any atom is 0.305 e. The lowest BCUT2D eigenvalue weighted by molar-refractivity contribution is -0.140. The first-order chi connectivity index (χ1) is 13.7. The van der Waals surface area contributed by atoms with Gasteiger partial charge in [0.15, 0.2) is 0 Å². The van der Waals surface area contributed by atoms with E-state index in [2.05, 4.69) is 4.74 Å². The number of hydrogen-bond acceptors (Lipinski definition) is 4. The molecule has 6 heteroatoms. The Morgan fingerprint density at radius 2 is 1.76 bits per heavy atom. The molecule has 0 fully saturated rings. The predicted octanol–water partition coefficient (Wildman–Crippen LogP) is 3.95. The number of carbonyl (C=O) groups excluding carboxylic acids is 2. The van der Waals surface area contributed by atoms with Gasteiger partial charge in [0.2, 0.25) is 0 Å². The highest BCUT2D eigenvalue weighted by Crippen LogP contribution is 2.22. The lowest BCUT2D eigenvalue weighted by Gasteiger charge is -2.23. The van der Waals surface area contributed by atoms with Crippen LogP contribution in [-0.2, 0) is 9.53 Å². The van der Waals surface area contributed by atoms with Crippen LogP contribution in [0.25, 0.3) is 0 Å². The summed E-state index contributed by atoms with van der Waals surface area (Å²) in [6.45, 7) is 0.0996. The average molecular weight is 366 g/mol. The zero-order chi connectivity index (χ0) is 21.7. The van der Waals surface area contributed by atoms with Gasteiger partial charge in [-0.1, -0.05) is 11.6 Å². The van der Waals surface area contributed by atoms with Gasteiger partial charge in [0, 0.05) is 29.2 Å². The molecule has 1 amide bonds. The Hall–Kier alpha value is -2.53. The summed E-state index contributed by atoms with van der Waals surface area (Å²) in [7, 11) is 2.78. The number of rotatable bonds is 7. The van der Waals surface area contributed by atoms with Gasteiger partial charge >= 0.3 is 5.97 Å². The van der Waals surface area contributed by atoms with Crippen LogP contribution in [0.1, 0.15) is 28.7 Å². The number of halogens is 1. The van der Waals surface area contributed by atoms with Gasteiger partial charge < -0.3 is 14.4 Å². The van der Waals surface area contributed by atoms with Crippen LogP contribution in [0.15, 0.2) is 48.4 Å². The van der Waals surface area contributed by atoms with Gasteiger partial charge in [0.05, 0.1) is 19.7 Å². The van der Waals surface area contributed by atoms with E-state index >= 15 is 0 Å². The Bertz CT molecular complexity index is 892. The Morgan fingerprint density at radius 1 is 1.12 bits per heavy atom. The first-order valence-electron chi connectivity index (χ1n) is 9.51. The minimum atomic E-state index is -0.728. The summed E-state index contributed by atoms with van der Waals surface area (Å²) < 4.78 is 41.6. The molecule has 0 aliphatic rings. The summed E-state index contributed by atoms with van der Waals surface area (Å²) in [6, 6.07) is 4.53. The molecule has 0 unspecified atom stereocenters. The molecular weight excluding hydrogens is 342 g/mol. The largest absolute Gasteiger partial charge is 0.497 e. The number of esters is 1. The molecule has 2 aromatic carbocycles. The number of carbonyl (C=O) groups is 2. The molecule has 0 aromatic heterocycles. The van der Waals surface area contributed by atoms with E-state index in [1.165, 1.54) is 19.1 Å². The zero-order valence-electron chi connectivity index (χ0n) is 17.9. The van der Waals surface area contributed by atoms with Gasteiger partial charge in [0.25, 0.3) is 5.91 Å². The molecule has 5 nitrogen and oxygen atoms in total. The van der Waals surface area contributed by atoms with E-state index in [9.17, 15) is 9.59 Å². The van der Waals surface area contributed by atoms with Gasteiger partial charge in [-0.15, -0.1) is 0 Å². The molecule has 2 rings (SSSR count). The van der Waals surface area contributed by atoms with E-state index < -0.39 is 41.6 Å². The molecule has 0 spiro atoms. The highest BCUT2D eigenvalue weighted by atomic mass is 35.5. The number of benzene rings is 2. The molecule has 0 N–H and O–H groups in total. The number of anilines is 1. The van der Waals surface area contributed by atoms with E-state index in [4.69, 9.17) is 21.8 Å². The van der Waals surface area contributed by atoms with Crippen LogP contribution < -0.4 is 9.64 Å². The van der Waals surface area contributed by atoms with Crippen LogP contribution in [0, 0.1) is 0 Å². The predicted molar refractivity (Wildman–Crippen MR) is 97.4 cm³/mol. The van der Waals surface area contributed by atoms with Gasteiger partial charge in [-0.3, -0.25) is 9.59 Å². The summed E-state index contributed by atoms with van der Waals surface area (Å²) >= 11 is 5.82. The lowest BCUT2D eigenvalue weighted by Crippen LogP contribution is -2.32. The van der Waals surface area contributed by atoms with E-state index in [1.54, 1.807) is 24.3 Å². The second-order valence-corrected chi connectivity index (χ2v) is 5.40. The highest BCUT2D eigenvalue weighted by molar-refractivity contribution is 6.30. The fourth-order valence-corrected chi connectivity index (χ4v) is 2.23. The summed E-state index contributed by atoms with van der Waals surface area (Å²) in [5.74, 6) is -0.581. The molecule has 0 heterocycles. The third-order valence-electron chi connectivity index (χ3n) is 3.43. The van der Waals surface area contributed by atoms with Gasteiger partial charge in [-0.25, -0.2) is 0 Å². The van der Waals surface area contributed by atoms with Crippen molar-refractivity contribution in [3.05, 3.63) is 59.0 Å². The molecule has 132 valence electrons. The van der Waals surface area contributed by atoms with Crippen molar-refractivity contribution < 1.29 is 24.5 Å². The molecule has 0 saturated carbocycles. The van der Waals surface area contributed by atoms with Gasteiger partial charge in [-0.05, 0) is 54.9 Å². The Morgan fingerprint density at radius 3 is 2.32 bits per heavy atom. The maximum absolute atomic E-state index is 13.2. The first kappa shape index (κ1) is 13.7. The standard InChI is InChI=1S/C19H20ClNO4/c1-24-17-11-9-16(10-12-17)21(13-3-4-18(22)25-2)19(23)14-5-7-15(20)8-6-14/h5-12H,3-4,13H2,1-2H3/i5D,6D,7D,8D. The third-order valence-corrected chi connectivity index (χ3v) is 3.62. The first-order valence-corrected chi connectivity index (χ1v) is 7.89. The van der Waals surface area contributed by atoms with E-state index in [1.807, 2.05) is 0 Å². The Labute approximate surface area is 157 Å². The molecule has 0 atom stereocenters. The van der Waals surface area contributed by atoms with Crippen molar-refractivity contribution in [3.8, 4) is 5.75 Å². The number of methoxy groups -OCH3 is 2. The number of nitrogens with zero attached hydrogens (tertiary/aromatic N) is 1. The van der Waals surface area contributed by atoms with Gasteiger partial charge in [0.1, 0.15) is 5.75 Å². The summed E-state index contributed by atoms with van der Waals surface area (Å²) in [4.78, 5) is 25.9. The second-order valence-electron chi connectivity index (χ2n) is 5.02. The quantitative estimate of drug-likeness (QED) is 0.697. The van der Waals surface area contributed by atoms with Crippen molar-refractivity contribution in [3.63, 3.8) is 0 Å². The van der Waals surface area contributed by atoms with Crippen LogP contribution >= 0.6 is 11.6 Å². The minimum Gasteiger partial charge on any atom is -0.497 e. The average Bonchev–Trinajstić information content (AvgIpc) is 2.73. The van der Waals surface area contributed by atoms with Crippen LogP contribution in [0.2, 0.25) is 5.02 Å². The fourth-order valence-electron chi connectivity index (χ4n) is 2.13. The smallest absolute Gasteiger partial charge is 0.305 e. The molecule has 0 aliphatic heterocycles. The van der Waals surface area contributed by atoms with Crippen molar-refractivity contribution in [2.24, 2.45) is 0 Å².